The van der Waals surface area contributed by atoms with Gasteiger partial charge in [-0.25, -0.2) is 4.39 Å². The third kappa shape index (κ3) is 4.72. The maximum atomic E-state index is 12.8. The number of carbonyl (C=O) groups is 1. The first-order valence-electron chi connectivity index (χ1n) is 6.84. The lowest BCUT2D eigenvalue weighted by atomic mass is 10.1. The summed E-state index contributed by atoms with van der Waals surface area (Å²) >= 11 is 11.8. The predicted octanol–water partition coefficient (Wildman–Crippen LogP) is 5.10. The van der Waals surface area contributed by atoms with Crippen molar-refractivity contribution in [3.05, 3.63) is 63.9 Å². The number of halogens is 3. The van der Waals surface area contributed by atoms with E-state index in [0.717, 1.165) is 5.56 Å². The van der Waals surface area contributed by atoms with Gasteiger partial charge in [0.2, 0.25) is 0 Å². The third-order valence-corrected chi connectivity index (χ3v) is 3.75. The Morgan fingerprint density at radius 1 is 1.18 bits per heavy atom. The quantitative estimate of drug-likeness (QED) is 0.731. The molecule has 0 saturated heterocycles. The first-order chi connectivity index (χ1) is 10.5. The molecule has 2 aromatic rings. The van der Waals surface area contributed by atoms with E-state index in [4.69, 9.17) is 27.9 Å². The Morgan fingerprint density at radius 3 is 2.50 bits per heavy atom. The summed E-state index contributed by atoms with van der Waals surface area (Å²) < 4.78 is 18.4. The van der Waals surface area contributed by atoms with E-state index in [1.807, 2.05) is 0 Å². The number of hydrogen-bond donors (Lipinski definition) is 0. The molecule has 0 N–H and O–H groups in total. The van der Waals surface area contributed by atoms with Crippen LogP contribution in [0.25, 0.3) is 0 Å². The number of carbonyl (C=O) groups excluding carboxylic acids is 1. The van der Waals surface area contributed by atoms with Crippen LogP contribution in [-0.2, 0) is 11.2 Å². The van der Waals surface area contributed by atoms with Crippen molar-refractivity contribution in [1.82, 2.24) is 0 Å². The molecule has 0 bridgehead atoms. The zero-order valence-corrected chi connectivity index (χ0v) is 13.5. The lowest BCUT2D eigenvalue weighted by Crippen LogP contribution is -2.24. The number of ether oxygens (including phenoxy) is 1. The van der Waals surface area contributed by atoms with E-state index in [2.05, 4.69) is 0 Å². The second-order valence-corrected chi connectivity index (χ2v) is 5.77. The molecule has 0 aromatic heterocycles. The molecule has 1 atom stereocenters. The SMILES string of the molecule is CC(Oc1ccc(Cl)cc1Cl)C(=O)CCc1ccc(F)cc1. The molecule has 0 amide bonds. The molecule has 0 spiro atoms. The molecule has 2 rings (SSSR count). The number of Topliss-reactive ketones (excluding diaryl/α,β-unsaturated/α-hetero) is 1. The summed E-state index contributed by atoms with van der Waals surface area (Å²) in [6, 6.07) is 11.0. The number of hydrogen-bond acceptors (Lipinski definition) is 2. The van der Waals surface area contributed by atoms with Crippen molar-refractivity contribution < 1.29 is 13.9 Å². The molecule has 22 heavy (non-hydrogen) atoms. The van der Waals surface area contributed by atoms with Gasteiger partial charge in [0.25, 0.3) is 0 Å². The number of benzene rings is 2. The van der Waals surface area contributed by atoms with Crippen LogP contribution >= 0.6 is 23.2 Å². The van der Waals surface area contributed by atoms with Crippen LogP contribution in [0.3, 0.4) is 0 Å². The van der Waals surface area contributed by atoms with E-state index in [1.165, 1.54) is 12.1 Å². The Kier molecular flexibility index (Phi) is 5.81. The second-order valence-electron chi connectivity index (χ2n) is 4.93. The largest absolute Gasteiger partial charge is 0.481 e. The topological polar surface area (TPSA) is 26.3 Å². The Balaban J connectivity index is 1.90. The zero-order valence-electron chi connectivity index (χ0n) is 12.0. The number of rotatable bonds is 6. The molecular formula is C17H15Cl2FO2. The predicted molar refractivity (Wildman–Crippen MR) is 86.3 cm³/mol. The van der Waals surface area contributed by atoms with Crippen LogP contribution < -0.4 is 4.74 Å². The number of aryl methyl sites for hydroxylation is 1. The van der Waals surface area contributed by atoms with Crippen molar-refractivity contribution in [2.75, 3.05) is 0 Å². The van der Waals surface area contributed by atoms with Crippen LogP contribution in [0.5, 0.6) is 5.75 Å². The lowest BCUT2D eigenvalue weighted by molar-refractivity contribution is -0.125. The molecule has 0 aliphatic carbocycles. The summed E-state index contributed by atoms with van der Waals surface area (Å²) in [5, 5.41) is 0.873. The van der Waals surface area contributed by atoms with Crippen molar-refractivity contribution in [2.24, 2.45) is 0 Å². The van der Waals surface area contributed by atoms with Gasteiger partial charge in [0, 0.05) is 11.4 Å². The first kappa shape index (κ1) is 16.8. The highest BCUT2D eigenvalue weighted by atomic mass is 35.5. The minimum atomic E-state index is -0.612. The standard InChI is InChI=1S/C17H15Cl2FO2/c1-11(22-17-9-5-13(18)10-15(17)19)16(21)8-4-12-2-6-14(20)7-3-12/h2-3,5-7,9-11H,4,8H2,1H3. The molecule has 116 valence electrons. The first-order valence-corrected chi connectivity index (χ1v) is 7.60. The molecule has 1 unspecified atom stereocenters. The molecule has 0 aliphatic heterocycles. The van der Waals surface area contributed by atoms with Crippen LogP contribution in [0, 0.1) is 5.82 Å². The average molecular weight is 341 g/mol. The molecule has 0 aliphatic rings. The van der Waals surface area contributed by atoms with Gasteiger partial charge >= 0.3 is 0 Å². The van der Waals surface area contributed by atoms with E-state index in [-0.39, 0.29) is 11.6 Å². The van der Waals surface area contributed by atoms with E-state index in [1.54, 1.807) is 37.3 Å². The van der Waals surface area contributed by atoms with Gasteiger partial charge in [0.05, 0.1) is 5.02 Å². The van der Waals surface area contributed by atoms with Crippen molar-refractivity contribution in [2.45, 2.75) is 25.9 Å². The smallest absolute Gasteiger partial charge is 0.173 e. The van der Waals surface area contributed by atoms with Crippen molar-refractivity contribution in [3.63, 3.8) is 0 Å². The molecule has 0 saturated carbocycles. The van der Waals surface area contributed by atoms with Gasteiger partial charge in [-0.15, -0.1) is 0 Å². The highest BCUT2D eigenvalue weighted by Gasteiger charge is 2.16. The molecule has 0 radical (unpaired) electrons. The van der Waals surface area contributed by atoms with Crippen LogP contribution in [0.2, 0.25) is 10.0 Å². The van der Waals surface area contributed by atoms with E-state index in [0.29, 0.717) is 28.6 Å². The van der Waals surface area contributed by atoms with Gasteiger partial charge in [-0.1, -0.05) is 35.3 Å². The van der Waals surface area contributed by atoms with Crippen LogP contribution in [-0.4, -0.2) is 11.9 Å². The molecule has 2 nitrogen and oxygen atoms in total. The molecule has 5 heteroatoms. The third-order valence-electron chi connectivity index (χ3n) is 3.22. The van der Waals surface area contributed by atoms with Gasteiger partial charge in [-0.2, -0.15) is 0 Å². The summed E-state index contributed by atoms with van der Waals surface area (Å²) in [4.78, 5) is 12.1. The Labute approximate surface area is 138 Å². The van der Waals surface area contributed by atoms with Gasteiger partial charge in [-0.3, -0.25) is 4.79 Å². The van der Waals surface area contributed by atoms with Crippen molar-refractivity contribution in [1.29, 1.82) is 0 Å². The minimum Gasteiger partial charge on any atom is -0.481 e. The minimum absolute atomic E-state index is 0.0460. The Bertz CT molecular complexity index is 656. The molecule has 0 heterocycles. The van der Waals surface area contributed by atoms with Crippen LogP contribution in [0.4, 0.5) is 4.39 Å². The maximum Gasteiger partial charge on any atom is 0.173 e. The molecule has 2 aromatic carbocycles. The maximum absolute atomic E-state index is 12.8. The molecule has 0 fully saturated rings. The van der Waals surface area contributed by atoms with E-state index < -0.39 is 6.10 Å². The van der Waals surface area contributed by atoms with E-state index in [9.17, 15) is 9.18 Å². The molecular weight excluding hydrogens is 326 g/mol. The summed E-state index contributed by atoms with van der Waals surface area (Å²) in [5.74, 6) is 0.0909. The Hall–Kier alpha value is -1.58. The fourth-order valence-electron chi connectivity index (χ4n) is 1.95. The fraction of sp³-hybridized carbons (Fsp3) is 0.235. The second kappa shape index (κ2) is 7.61. The Morgan fingerprint density at radius 2 is 1.86 bits per heavy atom. The summed E-state index contributed by atoms with van der Waals surface area (Å²) in [6.07, 6.45) is 0.248. The van der Waals surface area contributed by atoms with Crippen LogP contribution in [0.1, 0.15) is 18.9 Å². The van der Waals surface area contributed by atoms with Gasteiger partial charge < -0.3 is 4.74 Å². The summed E-state index contributed by atoms with van der Waals surface area (Å²) in [6.45, 7) is 1.68. The monoisotopic (exact) mass is 340 g/mol. The van der Waals surface area contributed by atoms with Crippen molar-refractivity contribution in [3.8, 4) is 5.75 Å². The number of ketones is 1. The average Bonchev–Trinajstić information content (AvgIpc) is 2.49. The highest BCUT2D eigenvalue weighted by Crippen LogP contribution is 2.28. The summed E-state index contributed by atoms with van der Waals surface area (Å²) in [7, 11) is 0. The van der Waals surface area contributed by atoms with Crippen molar-refractivity contribution >= 4 is 29.0 Å². The normalized spacial score (nSPS) is 12.0. The summed E-state index contributed by atoms with van der Waals surface area (Å²) in [5.41, 5.74) is 0.909. The van der Waals surface area contributed by atoms with Gasteiger partial charge in [0.15, 0.2) is 11.9 Å². The van der Waals surface area contributed by atoms with Crippen LogP contribution in [0.15, 0.2) is 42.5 Å². The fourth-order valence-corrected chi connectivity index (χ4v) is 2.40. The zero-order chi connectivity index (χ0) is 16.1. The highest BCUT2D eigenvalue weighted by molar-refractivity contribution is 6.35. The van der Waals surface area contributed by atoms with E-state index >= 15 is 0 Å². The van der Waals surface area contributed by atoms with Gasteiger partial charge in [0.1, 0.15) is 11.6 Å². The lowest BCUT2D eigenvalue weighted by Gasteiger charge is -2.15. The van der Waals surface area contributed by atoms with Gasteiger partial charge in [-0.05, 0) is 49.2 Å².